The molecule has 0 spiro atoms. The van der Waals surface area contributed by atoms with Crippen molar-refractivity contribution < 1.29 is 22.7 Å². The number of amides is 1. The molecule has 7 nitrogen and oxygen atoms in total. The predicted octanol–water partition coefficient (Wildman–Crippen LogP) is 0.519. The lowest BCUT2D eigenvalue weighted by Crippen LogP contribution is -2.44. The maximum atomic E-state index is 12.6. The number of ether oxygens (including phenoxy) is 1. The van der Waals surface area contributed by atoms with Gasteiger partial charge in [0, 0.05) is 19.1 Å². The largest absolute Gasteiger partial charge is 0.459 e. The fourth-order valence-corrected chi connectivity index (χ4v) is 4.25. The molecular weight excluding hydrogens is 320 g/mol. The molecule has 0 unspecified atom stereocenters. The van der Waals surface area contributed by atoms with Gasteiger partial charge in [-0.2, -0.15) is 4.31 Å². The van der Waals surface area contributed by atoms with Gasteiger partial charge in [-0.05, 0) is 31.9 Å². The van der Waals surface area contributed by atoms with Gasteiger partial charge in [-0.25, -0.2) is 13.2 Å². The molecular formula is C15H20N2O5S. The van der Waals surface area contributed by atoms with Gasteiger partial charge >= 0.3 is 11.9 Å². The molecule has 0 bridgehead atoms. The first-order chi connectivity index (χ1) is 11.0. The number of benzene rings is 1. The SMILES string of the molecule is CCOC(=O)C(=O)NC[C@H]1CCCN1S(=O)(=O)c1ccccc1. The van der Waals surface area contributed by atoms with Gasteiger partial charge in [-0.1, -0.05) is 18.2 Å². The highest BCUT2D eigenvalue weighted by Gasteiger charge is 2.35. The number of carbonyl (C=O) groups is 2. The first kappa shape index (κ1) is 17.4. The molecule has 0 saturated carbocycles. The Morgan fingerprint density at radius 3 is 2.65 bits per heavy atom. The van der Waals surface area contributed by atoms with E-state index < -0.39 is 21.9 Å². The van der Waals surface area contributed by atoms with Gasteiger partial charge < -0.3 is 10.1 Å². The van der Waals surface area contributed by atoms with E-state index in [1.54, 1.807) is 37.3 Å². The molecule has 0 aromatic heterocycles. The molecule has 1 aromatic carbocycles. The number of nitrogens with one attached hydrogen (secondary N) is 1. The van der Waals surface area contributed by atoms with Crippen LogP contribution in [0.15, 0.2) is 35.2 Å². The van der Waals surface area contributed by atoms with Gasteiger partial charge in [0.05, 0.1) is 11.5 Å². The van der Waals surface area contributed by atoms with Crippen LogP contribution in [0.5, 0.6) is 0 Å². The van der Waals surface area contributed by atoms with Crippen molar-refractivity contribution in [2.75, 3.05) is 19.7 Å². The lowest BCUT2D eigenvalue weighted by Gasteiger charge is -2.24. The van der Waals surface area contributed by atoms with Crippen LogP contribution in [0.3, 0.4) is 0 Å². The monoisotopic (exact) mass is 340 g/mol. The fraction of sp³-hybridized carbons (Fsp3) is 0.467. The summed E-state index contributed by atoms with van der Waals surface area (Å²) in [6, 6.07) is 7.81. The summed E-state index contributed by atoms with van der Waals surface area (Å²) in [6.07, 6.45) is 1.35. The van der Waals surface area contributed by atoms with Crippen molar-refractivity contribution in [1.82, 2.24) is 9.62 Å². The van der Waals surface area contributed by atoms with E-state index in [9.17, 15) is 18.0 Å². The zero-order chi connectivity index (χ0) is 16.9. The van der Waals surface area contributed by atoms with Crippen molar-refractivity contribution in [1.29, 1.82) is 0 Å². The van der Waals surface area contributed by atoms with Crippen LogP contribution in [0.4, 0.5) is 0 Å². The summed E-state index contributed by atoms with van der Waals surface area (Å²) in [7, 11) is -3.60. The predicted molar refractivity (Wildman–Crippen MR) is 83.0 cm³/mol. The van der Waals surface area contributed by atoms with Gasteiger partial charge in [0.15, 0.2) is 0 Å². The van der Waals surface area contributed by atoms with E-state index in [1.165, 1.54) is 4.31 Å². The second-order valence-electron chi connectivity index (χ2n) is 5.16. The van der Waals surface area contributed by atoms with Crippen LogP contribution in [0.25, 0.3) is 0 Å². The molecule has 0 radical (unpaired) electrons. The number of carbonyl (C=O) groups excluding carboxylic acids is 2. The first-order valence-electron chi connectivity index (χ1n) is 7.48. The van der Waals surface area contributed by atoms with Crippen LogP contribution >= 0.6 is 0 Å². The quantitative estimate of drug-likeness (QED) is 0.623. The van der Waals surface area contributed by atoms with E-state index in [1.807, 2.05) is 0 Å². The minimum Gasteiger partial charge on any atom is -0.459 e. The van der Waals surface area contributed by atoms with Crippen molar-refractivity contribution in [3.05, 3.63) is 30.3 Å². The van der Waals surface area contributed by atoms with Crippen LogP contribution in [0, 0.1) is 0 Å². The zero-order valence-electron chi connectivity index (χ0n) is 12.9. The van der Waals surface area contributed by atoms with Gasteiger partial charge in [0.2, 0.25) is 10.0 Å². The van der Waals surface area contributed by atoms with E-state index in [-0.39, 0.29) is 24.1 Å². The molecule has 1 aromatic rings. The van der Waals surface area contributed by atoms with E-state index in [4.69, 9.17) is 0 Å². The summed E-state index contributed by atoms with van der Waals surface area (Å²) < 4.78 is 31.3. The van der Waals surface area contributed by atoms with Crippen LogP contribution in [0.2, 0.25) is 0 Å². The third-order valence-corrected chi connectivity index (χ3v) is 5.60. The molecule has 126 valence electrons. The van der Waals surface area contributed by atoms with E-state index in [2.05, 4.69) is 10.1 Å². The number of nitrogens with zero attached hydrogens (tertiary/aromatic N) is 1. The molecule has 8 heteroatoms. The van der Waals surface area contributed by atoms with Crippen LogP contribution < -0.4 is 5.32 Å². The van der Waals surface area contributed by atoms with E-state index in [0.29, 0.717) is 19.4 Å². The van der Waals surface area contributed by atoms with Crippen LogP contribution in [-0.2, 0) is 24.3 Å². The average molecular weight is 340 g/mol. The molecule has 1 N–H and O–H groups in total. The second kappa shape index (κ2) is 7.56. The third kappa shape index (κ3) is 4.08. The van der Waals surface area contributed by atoms with Crippen LogP contribution in [-0.4, -0.2) is 50.3 Å². The smallest absolute Gasteiger partial charge is 0.396 e. The van der Waals surface area contributed by atoms with Gasteiger partial charge in [0.25, 0.3) is 0 Å². The summed E-state index contributed by atoms with van der Waals surface area (Å²) in [6.45, 7) is 2.21. The Kier molecular flexibility index (Phi) is 5.73. The average Bonchev–Trinajstić information content (AvgIpc) is 3.03. The Morgan fingerprint density at radius 1 is 1.30 bits per heavy atom. The van der Waals surface area contributed by atoms with E-state index >= 15 is 0 Å². The molecule has 23 heavy (non-hydrogen) atoms. The molecule has 1 fully saturated rings. The Hall–Kier alpha value is -1.93. The van der Waals surface area contributed by atoms with Gasteiger partial charge in [-0.15, -0.1) is 0 Å². The number of rotatable bonds is 5. The van der Waals surface area contributed by atoms with Crippen LogP contribution in [0.1, 0.15) is 19.8 Å². The van der Waals surface area contributed by atoms with Crippen molar-refractivity contribution in [3.8, 4) is 0 Å². The highest BCUT2D eigenvalue weighted by Crippen LogP contribution is 2.25. The number of sulfonamides is 1. The van der Waals surface area contributed by atoms with Gasteiger partial charge in [-0.3, -0.25) is 4.79 Å². The molecule has 1 amide bonds. The fourth-order valence-electron chi connectivity index (χ4n) is 2.54. The Bertz CT molecular complexity index is 660. The standard InChI is InChI=1S/C15H20N2O5S/c1-2-22-15(19)14(18)16-11-12-7-6-10-17(12)23(20,21)13-8-4-3-5-9-13/h3-5,8-9,12H,2,6-7,10-11H2,1H3,(H,16,18)/t12-/m1/s1. The molecule has 1 atom stereocenters. The Morgan fingerprint density at radius 2 is 2.00 bits per heavy atom. The molecule has 1 aliphatic rings. The minimum absolute atomic E-state index is 0.0870. The maximum Gasteiger partial charge on any atom is 0.396 e. The highest BCUT2D eigenvalue weighted by atomic mass is 32.2. The lowest BCUT2D eigenvalue weighted by molar-refractivity contribution is -0.154. The zero-order valence-corrected chi connectivity index (χ0v) is 13.7. The lowest BCUT2D eigenvalue weighted by atomic mass is 10.2. The van der Waals surface area contributed by atoms with Crippen molar-refractivity contribution in [3.63, 3.8) is 0 Å². The first-order valence-corrected chi connectivity index (χ1v) is 8.92. The normalized spacial score (nSPS) is 18.6. The summed E-state index contributed by atoms with van der Waals surface area (Å²) in [5.41, 5.74) is 0. The van der Waals surface area contributed by atoms with Gasteiger partial charge in [0.1, 0.15) is 0 Å². The third-order valence-electron chi connectivity index (χ3n) is 3.63. The molecule has 1 aliphatic heterocycles. The molecule has 1 heterocycles. The van der Waals surface area contributed by atoms with Crippen molar-refractivity contribution in [2.24, 2.45) is 0 Å². The highest BCUT2D eigenvalue weighted by molar-refractivity contribution is 7.89. The Labute approximate surface area is 135 Å². The maximum absolute atomic E-state index is 12.6. The summed E-state index contributed by atoms with van der Waals surface area (Å²) in [5, 5.41) is 2.44. The summed E-state index contributed by atoms with van der Waals surface area (Å²) in [4.78, 5) is 23.1. The number of esters is 1. The summed E-state index contributed by atoms with van der Waals surface area (Å²) in [5.74, 6) is -1.81. The molecule has 0 aliphatic carbocycles. The van der Waals surface area contributed by atoms with E-state index in [0.717, 1.165) is 0 Å². The topological polar surface area (TPSA) is 92.8 Å². The Balaban J connectivity index is 2.03. The summed E-state index contributed by atoms with van der Waals surface area (Å²) >= 11 is 0. The van der Waals surface area contributed by atoms with Crippen molar-refractivity contribution in [2.45, 2.75) is 30.7 Å². The number of hydrogen-bond donors (Lipinski definition) is 1. The number of hydrogen-bond acceptors (Lipinski definition) is 5. The second-order valence-corrected chi connectivity index (χ2v) is 7.05. The molecule has 1 saturated heterocycles. The molecule has 2 rings (SSSR count). The van der Waals surface area contributed by atoms with Crippen molar-refractivity contribution >= 4 is 21.9 Å². The minimum atomic E-state index is -3.60.